The van der Waals surface area contributed by atoms with Crippen LogP contribution in [0.15, 0.2) is 28.0 Å². The van der Waals surface area contributed by atoms with E-state index in [1.807, 2.05) is 12.3 Å². The first-order valence-corrected chi connectivity index (χ1v) is 9.70. The number of rotatable bonds is 3. The number of likely N-dealkylation sites (tertiary alicyclic amines) is 1. The number of hydrogen-bond acceptors (Lipinski definition) is 6. The minimum atomic E-state index is -0.572. The molecule has 2 fully saturated rings. The lowest BCUT2D eigenvalue weighted by molar-refractivity contribution is 0.0708. The van der Waals surface area contributed by atoms with Crippen LogP contribution >= 0.6 is 0 Å². The van der Waals surface area contributed by atoms with Crippen LogP contribution in [0, 0.1) is 0 Å². The fourth-order valence-electron chi connectivity index (χ4n) is 3.91. The van der Waals surface area contributed by atoms with Crippen molar-refractivity contribution < 1.29 is 4.79 Å². The number of amides is 1. The van der Waals surface area contributed by atoms with Crippen LogP contribution in [0.1, 0.15) is 47.8 Å². The fraction of sp³-hybridized carbons (Fsp3) is 0.526. The lowest BCUT2D eigenvalue weighted by Crippen LogP contribution is -2.43. The Labute approximate surface area is 162 Å². The maximum Gasteiger partial charge on any atom is 0.328 e. The molecule has 9 nitrogen and oxygen atoms in total. The summed E-state index contributed by atoms with van der Waals surface area (Å²) in [6.07, 6.45) is 6.92. The number of anilines is 1. The van der Waals surface area contributed by atoms with Crippen LogP contribution in [-0.2, 0) is 7.05 Å². The Balaban J connectivity index is 1.44. The van der Waals surface area contributed by atoms with Gasteiger partial charge in [-0.25, -0.2) is 14.8 Å². The smallest absolute Gasteiger partial charge is 0.328 e. The number of carbonyl (C=O) groups is 1. The highest BCUT2D eigenvalue weighted by atomic mass is 16.2. The molecule has 0 unspecified atom stereocenters. The van der Waals surface area contributed by atoms with Crippen molar-refractivity contribution in [1.82, 2.24) is 24.4 Å². The first-order valence-electron chi connectivity index (χ1n) is 9.70. The second-order valence-electron chi connectivity index (χ2n) is 7.41. The van der Waals surface area contributed by atoms with Crippen LogP contribution in [-0.4, -0.2) is 56.5 Å². The molecule has 2 aromatic rings. The molecule has 4 rings (SSSR count). The molecule has 0 aliphatic carbocycles. The van der Waals surface area contributed by atoms with E-state index in [1.54, 1.807) is 4.90 Å². The topological polar surface area (TPSA) is 104 Å². The van der Waals surface area contributed by atoms with Crippen molar-refractivity contribution >= 4 is 11.7 Å². The number of aromatic amines is 1. The zero-order valence-electron chi connectivity index (χ0n) is 15.9. The van der Waals surface area contributed by atoms with E-state index in [9.17, 15) is 14.4 Å². The van der Waals surface area contributed by atoms with Gasteiger partial charge in [-0.05, 0) is 31.7 Å². The number of hydrogen-bond donors (Lipinski definition) is 1. The van der Waals surface area contributed by atoms with Crippen LogP contribution < -0.4 is 16.1 Å². The molecule has 1 N–H and O–H groups in total. The predicted octanol–water partition coefficient (Wildman–Crippen LogP) is 0.484. The Morgan fingerprint density at radius 2 is 1.86 bits per heavy atom. The number of H-pyrrole nitrogens is 1. The quantitative estimate of drug-likeness (QED) is 0.826. The largest absolute Gasteiger partial charge is 0.357 e. The number of nitrogens with zero attached hydrogens (tertiary/aromatic N) is 5. The second kappa shape index (κ2) is 7.57. The van der Waals surface area contributed by atoms with Crippen molar-refractivity contribution in [2.24, 2.45) is 7.05 Å². The molecular formula is C19H24N6O3. The molecule has 2 aliphatic rings. The molecule has 0 aromatic carbocycles. The standard InChI is InChI=1S/C19H24N6O3/c1-23-17(26)14(12-21-19(23)28)18(27)25-10-5-13(6-11-25)16-20-7-4-15(22-16)24-8-2-3-9-24/h4,7,12-13H,2-3,5-6,8-11H2,1H3,(H,21,28). The summed E-state index contributed by atoms with van der Waals surface area (Å²) >= 11 is 0. The molecule has 2 aromatic heterocycles. The van der Waals surface area contributed by atoms with E-state index in [2.05, 4.69) is 14.9 Å². The molecule has 4 heterocycles. The molecule has 148 valence electrons. The van der Waals surface area contributed by atoms with Crippen molar-refractivity contribution in [2.75, 3.05) is 31.1 Å². The summed E-state index contributed by atoms with van der Waals surface area (Å²) < 4.78 is 0.914. The Morgan fingerprint density at radius 3 is 2.57 bits per heavy atom. The van der Waals surface area contributed by atoms with Crippen LogP contribution in [0.5, 0.6) is 0 Å². The fourth-order valence-corrected chi connectivity index (χ4v) is 3.91. The summed E-state index contributed by atoms with van der Waals surface area (Å²) in [5, 5.41) is 0. The van der Waals surface area contributed by atoms with Gasteiger partial charge in [-0.15, -0.1) is 0 Å². The van der Waals surface area contributed by atoms with Crippen LogP contribution in [0.2, 0.25) is 0 Å². The van der Waals surface area contributed by atoms with Crippen LogP contribution in [0.25, 0.3) is 0 Å². The van der Waals surface area contributed by atoms with E-state index in [-0.39, 0.29) is 17.4 Å². The van der Waals surface area contributed by atoms with Gasteiger partial charge >= 0.3 is 5.69 Å². The summed E-state index contributed by atoms with van der Waals surface area (Å²) in [5.74, 6) is 1.67. The summed E-state index contributed by atoms with van der Waals surface area (Å²) in [6.45, 7) is 3.14. The van der Waals surface area contributed by atoms with Gasteiger partial charge in [0.25, 0.3) is 11.5 Å². The van der Waals surface area contributed by atoms with Crippen molar-refractivity contribution in [3.63, 3.8) is 0 Å². The van der Waals surface area contributed by atoms with E-state index in [1.165, 1.54) is 26.1 Å². The monoisotopic (exact) mass is 384 g/mol. The van der Waals surface area contributed by atoms with Gasteiger partial charge in [0.2, 0.25) is 0 Å². The maximum absolute atomic E-state index is 12.7. The molecule has 0 atom stereocenters. The molecular weight excluding hydrogens is 360 g/mol. The number of nitrogens with one attached hydrogen (secondary N) is 1. The van der Waals surface area contributed by atoms with Crippen molar-refractivity contribution in [3.8, 4) is 0 Å². The van der Waals surface area contributed by atoms with Gasteiger partial charge in [-0.1, -0.05) is 0 Å². The van der Waals surface area contributed by atoms with Crippen molar-refractivity contribution in [1.29, 1.82) is 0 Å². The van der Waals surface area contributed by atoms with E-state index in [4.69, 9.17) is 4.98 Å². The summed E-state index contributed by atoms with van der Waals surface area (Å²) in [5.41, 5.74) is -1.11. The maximum atomic E-state index is 12.7. The molecule has 28 heavy (non-hydrogen) atoms. The highest BCUT2D eigenvalue weighted by Crippen LogP contribution is 2.27. The van der Waals surface area contributed by atoms with Crippen LogP contribution in [0.4, 0.5) is 5.82 Å². The zero-order valence-corrected chi connectivity index (χ0v) is 15.9. The second-order valence-corrected chi connectivity index (χ2v) is 7.41. The van der Waals surface area contributed by atoms with Crippen molar-refractivity contribution in [3.05, 3.63) is 50.7 Å². The minimum Gasteiger partial charge on any atom is -0.357 e. The highest BCUT2D eigenvalue weighted by Gasteiger charge is 2.28. The van der Waals surface area contributed by atoms with E-state index in [0.717, 1.165) is 42.1 Å². The number of carbonyl (C=O) groups excluding carboxylic acids is 1. The highest BCUT2D eigenvalue weighted by molar-refractivity contribution is 5.93. The number of piperidine rings is 1. The first kappa shape index (κ1) is 18.4. The van der Waals surface area contributed by atoms with Gasteiger partial charge in [-0.3, -0.25) is 14.2 Å². The average Bonchev–Trinajstić information content (AvgIpc) is 3.27. The predicted molar refractivity (Wildman–Crippen MR) is 104 cm³/mol. The molecule has 2 aliphatic heterocycles. The lowest BCUT2D eigenvalue weighted by atomic mass is 9.95. The third kappa shape index (κ3) is 3.44. The molecule has 9 heteroatoms. The molecule has 2 saturated heterocycles. The van der Waals surface area contributed by atoms with Gasteiger partial charge in [0.05, 0.1) is 0 Å². The van der Waals surface area contributed by atoms with Gasteiger partial charge in [0, 0.05) is 51.5 Å². The zero-order chi connectivity index (χ0) is 19.7. The molecule has 0 spiro atoms. The molecule has 1 amide bonds. The Morgan fingerprint density at radius 1 is 1.14 bits per heavy atom. The summed E-state index contributed by atoms with van der Waals surface area (Å²) in [6, 6.07) is 1.96. The molecule has 0 saturated carbocycles. The van der Waals surface area contributed by atoms with Crippen molar-refractivity contribution in [2.45, 2.75) is 31.6 Å². The SMILES string of the molecule is Cn1c(=O)[nH]cc(C(=O)N2CCC(c3nccc(N4CCCC4)n3)CC2)c1=O. The van der Waals surface area contributed by atoms with Gasteiger partial charge in [-0.2, -0.15) is 0 Å². The van der Waals surface area contributed by atoms with Crippen LogP contribution in [0.3, 0.4) is 0 Å². The van der Waals surface area contributed by atoms with E-state index in [0.29, 0.717) is 13.1 Å². The van der Waals surface area contributed by atoms with Gasteiger partial charge in [0.1, 0.15) is 17.2 Å². The third-order valence-corrected chi connectivity index (χ3v) is 5.65. The Hall–Kier alpha value is -2.97. The Bertz CT molecular complexity index is 984. The normalized spacial score (nSPS) is 17.9. The summed E-state index contributed by atoms with van der Waals surface area (Å²) in [4.78, 5) is 52.0. The Kier molecular flexibility index (Phi) is 4.97. The van der Waals surface area contributed by atoms with Gasteiger partial charge in [0.15, 0.2) is 0 Å². The number of aromatic nitrogens is 4. The minimum absolute atomic E-state index is 0.00664. The van der Waals surface area contributed by atoms with Gasteiger partial charge < -0.3 is 14.8 Å². The molecule has 0 radical (unpaired) electrons. The van der Waals surface area contributed by atoms with E-state index >= 15 is 0 Å². The first-order chi connectivity index (χ1) is 13.5. The molecule has 0 bridgehead atoms. The van der Waals surface area contributed by atoms with E-state index < -0.39 is 11.2 Å². The third-order valence-electron chi connectivity index (χ3n) is 5.65. The average molecular weight is 384 g/mol. The summed E-state index contributed by atoms with van der Waals surface area (Å²) in [7, 11) is 1.36. The lowest BCUT2D eigenvalue weighted by Gasteiger charge is -2.31.